The van der Waals surface area contributed by atoms with Crippen molar-refractivity contribution in [3.63, 3.8) is 0 Å². The zero-order valence-corrected chi connectivity index (χ0v) is 8.67. The highest BCUT2D eigenvalue weighted by atomic mass is 16.4. The van der Waals surface area contributed by atoms with E-state index in [1.165, 1.54) is 10.5 Å². The lowest BCUT2D eigenvalue weighted by atomic mass is 10.2. The van der Waals surface area contributed by atoms with Gasteiger partial charge in [-0.2, -0.15) is 0 Å². The van der Waals surface area contributed by atoms with Gasteiger partial charge in [-0.1, -0.05) is 6.07 Å². The molecule has 0 aromatic carbocycles. The molecular formula is C11H10N2O3. The normalized spacial score (nSPS) is 10.6. The molecule has 2 heterocycles. The van der Waals surface area contributed by atoms with Crippen molar-refractivity contribution in [3.8, 4) is 0 Å². The summed E-state index contributed by atoms with van der Waals surface area (Å²) in [6.45, 7) is 1.87. The van der Waals surface area contributed by atoms with Gasteiger partial charge in [0.15, 0.2) is 0 Å². The lowest BCUT2D eigenvalue weighted by Gasteiger charge is -2.03. The maximum atomic E-state index is 11.7. The second-order valence-electron chi connectivity index (χ2n) is 3.59. The number of hydrogen-bond donors (Lipinski definition) is 1. The standard InChI is InChI=1S/C11H10N2O3/c1-7-2-3-9-12-8(5-11(15)16)4-10(14)13(9)6-7/h2-4,6H,5H2,1H3,(H,15,16). The number of aromatic nitrogens is 2. The van der Waals surface area contributed by atoms with Gasteiger partial charge >= 0.3 is 5.97 Å². The number of hydrogen-bond acceptors (Lipinski definition) is 3. The van der Waals surface area contributed by atoms with Crippen molar-refractivity contribution in [2.24, 2.45) is 0 Å². The molecule has 0 aliphatic rings. The Morgan fingerprint density at radius 1 is 1.50 bits per heavy atom. The monoisotopic (exact) mass is 218 g/mol. The number of aliphatic carboxylic acids is 1. The molecular weight excluding hydrogens is 208 g/mol. The third-order valence-corrected chi connectivity index (χ3v) is 2.19. The summed E-state index contributed by atoms with van der Waals surface area (Å²) in [6, 6.07) is 4.77. The Morgan fingerprint density at radius 3 is 2.94 bits per heavy atom. The summed E-state index contributed by atoms with van der Waals surface area (Å²) < 4.78 is 1.40. The van der Waals surface area contributed by atoms with Crippen LogP contribution in [0.1, 0.15) is 11.3 Å². The van der Waals surface area contributed by atoms with Gasteiger partial charge in [-0.05, 0) is 18.6 Å². The quantitative estimate of drug-likeness (QED) is 0.802. The maximum Gasteiger partial charge on any atom is 0.309 e. The predicted molar refractivity (Wildman–Crippen MR) is 57.5 cm³/mol. The average molecular weight is 218 g/mol. The van der Waals surface area contributed by atoms with E-state index in [1.807, 2.05) is 13.0 Å². The van der Waals surface area contributed by atoms with Crippen molar-refractivity contribution in [2.45, 2.75) is 13.3 Å². The van der Waals surface area contributed by atoms with Crippen molar-refractivity contribution >= 4 is 11.6 Å². The third-order valence-electron chi connectivity index (χ3n) is 2.19. The van der Waals surface area contributed by atoms with Gasteiger partial charge < -0.3 is 5.11 Å². The number of carboxylic acids is 1. The number of carboxylic acid groups (broad SMARTS) is 1. The van der Waals surface area contributed by atoms with Crippen LogP contribution in [0.4, 0.5) is 0 Å². The van der Waals surface area contributed by atoms with Crippen LogP contribution >= 0.6 is 0 Å². The second-order valence-corrected chi connectivity index (χ2v) is 3.59. The molecule has 0 atom stereocenters. The van der Waals surface area contributed by atoms with Gasteiger partial charge in [0.05, 0.1) is 12.1 Å². The zero-order chi connectivity index (χ0) is 11.7. The number of carbonyl (C=O) groups is 1. The van der Waals surface area contributed by atoms with Gasteiger partial charge in [0, 0.05) is 12.3 Å². The summed E-state index contributed by atoms with van der Waals surface area (Å²) in [4.78, 5) is 26.3. The molecule has 0 amide bonds. The number of aryl methyl sites for hydroxylation is 1. The summed E-state index contributed by atoms with van der Waals surface area (Å²) in [7, 11) is 0. The van der Waals surface area contributed by atoms with E-state index in [9.17, 15) is 9.59 Å². The van der Waals surface area contributed by atoms with Crippen LogP contribution < -0.4 is 5.56 Å². The van der Waals surface area contributed by atoms with Crippen LogP contribution in [0.3, 0.4) is 0 Å². The summed E-state index contributed by atoms with van der Waals surface area (Å²) in [6.07, 6.45) is 1.44. The smallest absolute Gasteiger partial charge is 0.309 e. The maximum absolute atomic E-state index is 11.7. The summed E-state index contributed by atoms with van der Waals surface area (Å²) in [5.74, 6) is -0.997. The molecule has 2 aromatic rings. The first-order valence-electron chi connectivity index (χ1n) is 4.77. The van der Waals surface area contributed by atoms with E-state index >= 15 is 0 Å². The molecule has 0 unspecified atom stereocenters. The van der Waals surface area contributed by atoms with E-state index in [0.717, 1.165) is 5.56 Å². The van der Waals surface area contributed by atoms with Gasteiger partial charge in [0.25, 0.3) is 5.56 Å². The molecule has 0 fully saturated rings. The molecule has 0 spiro atoms. The van der Waals surface area contributed by atoms with Crippen molar-refractivity contribution in [2.75, 3.05) is 0 Å². The van der Waals surface area contributed by atoms with Gasteiger partial charge in [0.1, 0.15) is 5.65 Å². The Bertz CT molecular complexity index is 616. The van der Waals surface area contributed by atoms with Crippen molar-refractivity contribution in [3.05, 3.63) is 46.0 Å². The van der Waals surface area contributed by atoms with E-state index in [0.29, 0.717) is 5.65 Å². The van der Waals surface area contributed by atoms with E-state index in [4.69, 9.17) is 5.11 Å². The van der Waals surface area contributed by atoms with Gasteiger partial charge in [-0.3, -0.25) is 14.0 Å². The highest BCUT2D eigenvalue weighted by Crippen LogP contribution is 2.02. The van der Waals surface area contributed by atoms with E-state index in [2.05, 4.69) is 4.98 Å². The minimum absolute atomic E-state index is 0.236. The van der Waals surface area contributed by atoms with Gasteiger partial charge in [0.2, 0.25) is 0 Å². The Hall–Kier alpha value is -2.17. The first-order chi connectivity index (χ1) is 7.56. The Balaban J connectivity index is 2.64. The van der Waals surface area contributed by atoms with E-state index < -0.39 is 5.97 Å². The largest absolute Gasteiger partial charge is 0.481 e. The molecule has 0 saturated carbocycles. The van der Waals surface area contributed by atoms with E-state index in [-0.39, 0.29) is 17.7 Å². The van der Waals surface area contributed by atoms with Gasteiger partial charge in [-0.25, -0.2) is 4.98 Å². The molecule has 0 aliphatic heterocycles. The van der Waals surface area contributed by atoms with Crippen LogP contribution in [0, 0.1) is 6.92 Å². The van der Waals surface area contributed by atoms with Crippen LogP contribution in [-0.4, -0.2) is 20.5 Å². The molecule has 0 bridgehead atoms. The number of pyridine rings is 1. The molecule has 1 N–H and O–H groups in total. The molecule has 16 heavy (non-hydrogen) atoms. The molecule has 82 valence electrons. The van der Waals surface area contributed by atoms with Crippen molar-refractivity contribution in [1.29, 1.82) is 0 Å². The average Bonchev–Trinajstić information content (AvgIpc) is 2.18. The first-order valence-corrected chi connectivity index (χ1v) is 4.77. The summed E-state index contributed by atoms with van der Waals surface area (Å²) in [5, 5.41) is 8.63. The second kappa shape index (κ2) is 3.77. The lowest BCUT2D eigenvalue weighted by Crippen LogP contribution is -2.17. The Morgan fingerprint density at radius 2 is 2.25 bits per heavy atom. The molecule has 2 rings (SSSR count). The fraction of sp³-hybridized carbons (Fsp3) is 0.182. The fourth-order valence-corrected chi connectivity index (χ4v) is 1.50. The minimum atomic E-state index is -0.997. The number of nitrogens with zero attached hydrogens (tertiary/aromatic N) is 2. The molecule has 0 radical (unpaired) electrons. The van der Waals surface area contributed by atoms with Crippen LogP contribution in [0.25, 0.3) is 5.65 Å². The fourth-order valence-electron chi connectivity index (χ4n) is 1.50. The SMILES string of the molecule is Cc1ccc2nc(CC(=O)O)cc(=O)n2c1. The van der Waals surface area contributed by atoms with E-state index in [1.54, 1.807) is 12.3 Å². The third kappa shape index (κ3) is 1.93. The lowest BCUT2D eigenvalue weighted by molar-refractivity contribution is -0.136. The predicted octanol–water partition coefficient (Wildman–Crippen LogP) is 0.630. The Kier molecular flexibility index (Phi) is 2.44. The molecule has 5 heteroatoms. The highest BCUT2D eigenvalue weighted by molar-refractivity contribution is 5.69. The topological polar surface area (TPSA) is 71.7 Å². The van der Waals surface area contributed by atoms with Crippen LogP contribution in [-0.2, 0) is 11.2 Å². The molecule has 5 nitrogen and oxygen atoms in total. The summed E-state index contributed by atoms with van der Waals surface area (Å²) >= 11 is 0. The van der Waals surface area contributed by atoms with Crippen molar-refractivity contribution in [1.82, 2.24) is 9.38 Å². The molecule has 2 aromatic heterocycles. The zero-order valence-electron chi connectivity index (χ0n) is 8.67. The first kappa shape index (κ1) is 10.4. The number of rotatable bonds is 2. The van der Waals surface area contributed by atoms with Gasteiger partial charge in [-0.15, -0.1) is 0 Å². The molecule has 0 saturated heterocycles. The highest BCUT2D eigenvalue weighted by Gasteiger charge is 2.05. The van der Waals surface area contributed by atoms with Crippen LogP contribution in [0.5, 0.6) is 0 Å². The van der Waals surface area contributed by atoms with Crippen molar-refractivity contribution < 1.29 is 9.90 Å². The summed E-state index contributed by atoms with van der Waals surface area (Å²) in [5.41, 5.74) is 1.43. The Labute approximate surface area is 91.0 Å². The van der Waals surface area contributed by atoms with Crippen LogP contribution in [0.2, 0.25) is 0 Å². The number of fused-ring (bicyclic) bond motifs is 1. The van der Waals surface area contributed by atoms with Crippen LogP contribution in [0.15, 0.2) is 29.2 Å². The molecule has 0 aliphatic carbocycles. The minimum Gasteiger partial charge on any atom is -0.481 e.